The maximum absolute atomic E-state index is 12.9. The van der Waals surface area contributed by atoms with Crippen molar-refractivity contribution in [3.05, 3.63) is 36.5 Å². The van der Waals surface area contributed by atoms with Crippen LogP contribution in [0, 0.1) is 0 Å². The third-order valence-corrected chi connectivity index (χ3v) is 11.8. The highest BCUT2D eigenvalue weighted by atomic mass is 31.2. The fourth-order valence-corrected chi connectivity index (χ4v) is 7.69. The summed E-state index contributed by atoms with van der Waals surface area (Å²) in [6.45, 7) is 4.78. The van der Waals surface area contributed by atoms with E-state index in [1.807, 2.05) is 27.2 Å². The quantitative estimate of drug-likeness (QED) is 0.0244. The highest BCUT2D eigenvalue weighted by molar-refractivity contribution is 7.47. The maximum Gasteiger partial charge on any atom is 0.472 e. The van der Waals surface area contributed by atoms with Crippen LogP contribution in [0.3, 0.4) is 0 Å². The third kappa shape index (κ3) is 42.8. The number of carbonyl (C=O) groups is 1. The zero-order chi connectivity index (χ0) is 42.8. The molecule has 0 spiro atoms. The van der Waals surface area contributed by atoms with Gasteiger partial charge < -0.3 is 19.8 Å². The minimum atomic E-state index is -4.35. The second-order valence-corrected chi connectivity index (χ2v) is 19.3. The molecule has 0 saturated heterocycles. The Morgan fingerprint density at radius 3 is 1.38 bits per heavy atom. The molecule has 0 aromatic carbocycles. The molecule has 8 nitrogen and oxygen atoms in total. The van der Waals surface area contributed by atoms with Crippen LogP contribution in [0.15, 0.2) is 36.5 Å². The lowest BCUT2D eigenvalue weighted by molar-refractivity contribution is -0.870. The fraction of sp³-hybridized carbons (Fsp3) is 0.857. The Morgan fingerprint density at radius 2 is 0.948 bits per heavy atom. The Balaban J connectivity index is 4.31. The minimum Gasteiger partial charge on any atom is -0.387 e. The molecule has 0 aliphatic carbocycles. The van der Waals surface area contributed by atoms with Gasteiger partial charge in [-0.15, -0.1) is 0 Å². The molecule has 58 heavy (non-hydrogen) atoms. The number of quaternary nitrogens is 1. The van der Waals surface area contributed by atoms with Gasteiger partial charge in [0.1, 0.15) is 13.2 Å². The molecule has 3 N–H and O–H groups in total. The van der Waals surface area contributed by atoms with Crippen molar-refractivity contribution in [3.8, 4) is 0 Å². The number of likely N-dealkylation sites (N-methyl/N-ethyl adjacent to an activating group) is 1. The van der Waals surface area contributed by atoms with Crippen LogP contribution in [0.2, 0.25) is 0 Å². The lowest BCUT2D eigenvalue weighted by Gasteiger charge is -2.25. The van der Waals surface area contributed by atoms with E-state index < -0.39 is 20.0 Å². The van der Waals surface area contributed by atoms with Gasteiger partial charge in [0.15, 0.2) is 0 Å². The van der Waals surface area contributed by atoms with Crippen molar-refractivity contribution >= 4 is 13.7 Å². The summed E-state index contributed by atoms with van der Waals surface area (Å²) in [4.78, 5) is 23.2. The summed E-state index contributed by atoms with van der Waals surface area (Å²) in [5.41, 5.74) is 0. The van der Waals surface area contributed by atoms with Crippen LogP contribution in [0.25, 0.3) is 0 Å². The van der Waals surface area contributed by atoms with Crippen molar-refractivity contribution in [2.24, 2.45) is 0 Å². The Morgan fingerprint density at radius 1 is 0.569 bits per heavy atom. The number of phosphoric acid groups is 1. The number of carbonyl (C=O) groups excluding carboxylic acids is 1. The Kier molecular flexibility index (Phi) is 40.2. The average Bonchev–Trinajstić information content (AvgIpc) is 3.17. The standard InChI is InChI=1S/C49H95N2O6P/c1-6-8-10-12-14-16-18-20-22-23-24-25-26-27-28-29-31-33-35-37-39-41-43-49(53)50-47(46-57-58(54,55)56-45-44-51(3,4)5)48(52)42-40-38-36-34-32-30-21-19-17-15-13-11-9-7-2/h17,19,32,34,40,42,47-48,52H,6-16,18,20-31,33,35-39,41,43-46H2,1-5H3,(H-,50,53,54,55)/p+1/b19-17+,34-32+,42-40+. The van der Waals surface area contributed by atoms with E-state index in [1.165, 1.54) is 154 Å². The summed E-state index contributed by atoms with van der Waals surface area (Å²) < 4.78 is 23.6. The molecular weight excluding hydrogens is 744 g/mol. The molecule has 1 amide bonds. The highest BCUT2D eigenvalue weighted by Gasteiger charge is 2.27. The SMILES string of the molecule is CCCCCC/C=C/CC/C=C/CC/C=C/C(O)C(COP(=O)(O)OCC[N+](C)(C)C)NC(=O)CCCCCCCCCCCCCCCCCCCCCCCC. The van der Waals surface area contributed by atoms with Crippen molar-refractivity contribution in [2.45, 2.75) is 231 Å². The zero-order valence-corrected chi connectivity index (χ0v) is 39.7. The van der Waals surface area contributed by atoms with Gasteiger partial charge in [-0.3, -0.25) is 13.8 Å². The molecular formula is C49H96N2O6P+. The van der Waals surface area contributed by atoms with Crippen LogP contribution in [-0.2, 0) is 18.4 Å². The Bertz CT molecular complexity index is 1040. The molecule has 0 aliphatic rings. The number of amides is 1. The lowest BCUT2D eigenvalue weighted by atomic mass is 10.0. The first-order chi connectivity index (χ1) is 28.0. The number of phosphoric ester groups is 1. The summed E-state index contributed by atoms with van der Waals surface area (Å²) in [6.07, 6.45) is 50.8. The molecule has 0 aliphatic heterocycles. The predicted octanol–water partition coefficient (Wildman–Crippen LogP) is 13.9. The number of allylic oxidation sites excluding steroid dienone is 5. The van der Waals surface area contributed by atoms with Crippen LogP contribution in [0.4, 0.5) is 0 Å². The van der Waals surface area contributed by atoms with E-state index in [-0.39, 0.29) is 19.1 Å². The molecule has 0 saturated carbocycles. The summed E-state index contributed by atoms with van der Waals surface area (Å²) >= 11 is 0. The molecule has 342 valence electrons. The molecule has 0 aromatic heterocycles. The number of nitrogens with one attached hydrogen (secondary N) is 1. The Hall–Kier alpha value is -1.28. The third-order valence-electron chi connectivity index (χ3n) is 10.8. The summed E-state index contributed by atoms with van der Waals surface area (Å²) in [7, 11) is 1.55. The van der Waals surface area contributed by atoms with Crippen LogP contribution in [0.1, 0.15) is 219 Å². The monoisotopic (exact) mass is 840 g/mol. The number of hydrogen-bond donors (Lipinski definition) is 3. The largest absolute Gasteiger partial charge is 0.472 e. The smallest absolute Gasteiger partial charge is 0.387 e. The van der Waals surface area contributed by atoms with Crippen LogP contribution in [0.5, 0.6) is 0 Å². The Labute approximate surface area is 359 Å². The van der Waals surface area contributed by atoms with Crippen LogP contribution in [-0.4, -0.2) is 73.4 Å². The number of unbranched alkanes of at least 4 members (excludes halogenated alkanes) is 27. The van der Waals surface area contributed by atoms with Gasteiger partial charge in [0, 0.05) is 6.42 Å². The van der Waals surface area contributed by atoms with Gasteiger partial charge in [0.2, 0.25) is 5.91 Å². The first-order valence-electron chi connectivity index (χ1n) is 24.4. The van der Waals surface area contributed by atoms with E-state index in [0.29, 0.717) is 17.4 Å². The molecule has 0 bridgehead atoms. The number of aliphatic hydroxyl groups is 1. The first-order valence-corrected chi connectivity index (χ1v) is 25.9. The van der Waals surface area contributed by atoms with Gasteiger partial charge in [0.05, 0.1) is 39.9 Å². The van der Waals surface area contributed by atoms with Crippen molar-refractivity contribution in [3.63, 3.8) is 0 Å². The molecule has 0 rings (SSSR count). The van der Waals surface area contributed by atoms with Crippen molar-refractivity contribution in [1.82, 2.24) is 5.32 Å². The second-order valence-electron chi connectivity index (χ2n) is 17.8. The number of nitrogens with zero attached hydrogens (tertiary/aromatic N) is 1. The van der Waals surface area contributed by atoms with E-state index in [1.54, 1.807) is 6.08 Å². The average molecular weight is 840 g/mol. The van der Waals surface area contributed by atoms with Crippen molar-refractivity contribution in [1.29, 1.82) is 0 Å². The van der Waals surface area contributed by atoms with Gasteiger partial charge in [-0.05, 0) is 44.9 Å². The molecule has 3 unspecified atom stereocenters. The van der Waals surface area contributed by atoms with E-state index in [4.69, 9.17) is 9.05 Å². The number of rotatable bonds is 44. The molecule has 0 heterocycles. The van der Waals surface area contributed by atoms with Gasteiger partial charge in [-0.25, -0.2) is 4.57 Å². The predicted molar refractivity (Wildman–Crippen MR) is 249 cm³/mol. The van der Waals surface area contributed by atoms with Gasteiger partial charge in [0.25, 0.3) is 0 Å². The number of aliphatic hydroxyl groups excluding tert-OH is 1. The highest BCUT2D eigenvalue weighted by Crippen LogP contribution is 2.43. The molecule has 0 radical (unpaired) electrons. The van der Waals surface area contributed by atoms with Gasteiger partial charge in [-0.1, -0.05) is 204 Å². The maximum atomic E-state index is 12.9. The number of hydrogen-bond acceptors (Lipinski definition) is 5. The summed E-state index contributed by atoms with van der Waals surface area (Å²) in [5, 5.41) is 13.8. The zero-order valence-electron chi connectivity index (χ0n) is 38.8. The van der Waals surface area contributed by atoms with Crippen LogP contribution >= 0.6 is 7.82 Å². The molecule has 3 atom stereocenters. The molecule has 0 fully saturated rings. The van der Waals surface area contributed by atoms with E-state index >= 15 is 0 Å². The van der Waals surface area contributed by atoms with Crippen molar-refractivity contribution < 1.29 is 32.9 Å². The summed E-state index contributed by atoms with van der Waals surface area (Å²) in [6, 6.07) is -0.866. The van der Waals surface area contributed by atoms with E-state index in [2.05, 4.69) is 43.5 Å². The topological polar surface area (TPSA) is 105 Å². The van der Waals surface area contributed by atoms with Gasteiger partial charge >= 0.3 is 7.82 Å². The van der Waals surface area contributed by atoms with Gasteiger partial charge in [-0.2, -0.15) is 0 Å². The molecule has 0 aromatic rings. The first kappa shape index (κ1) is 56.7. The van der Waals surface area contributed by atoms with E-state index in [9.17, 15) is 19.4 Å². The minimum absolute atomic E-state index is 0.0547. The normalized spacial score (nSPS) is 14.5. The summed E-state index contributed by atoms with van der Waals surface area (Å²) in [5.74, 6) is -0.189. The van der Waals surface area contributed by atoms with E-state index in [0.717, 1.165) is 44.9 Å². The fourth-order valence-electron chi connectivity index (χ4n) is 6.96. The van der Waals surface area contributed by atoms with Crippen molar-refractivity contribution in [2.75, 3.05) is 40.9 Å². The molecule has 9 heteroatoms. The lowest BCUT2D eigenvalue weighted by Crippen LogP contribution is -2.45. The van der Waals surface area contributed by atoms with Crippen LogP contribution < -0.4 is 5.32 Å². The second kappa shape index (κ2) is 41.1.